The van der Waals surface area contributed by atoms with Gasteiger partial charge in [0.2, 0.25) is 0 Å². The third-order valence-electron chi connectivity index (χ3n) is 5.90. The minimum atomic E-state index is 0.616. The van der Waals surface area contributed by atoms with E-state index in [1.165, 1.54) is 128 Å². The molecule has 0 spiro atoms. The topological polar surface area (TPSA) is 12.5 Å². The molecule has 0 N–H and O–H groups in total. The van der Waals surface area contributed by atoms with Crippen LogP contribution in [-0.2, 0) is 4.74 Å². The number of rotatable bonds is 21. The molecular formula is C24H47ClO. The quantitative estimate of drug-likeness (QED) is 0.109. The first kappa shape index (κ1) is 24.3. The van der Waals surface area contributed by atoms with Gasteiger partial charge < -0.3 is 4.74 Å². The summed E-state index contributed by atoms with van der Waals surface area (Å²) in [6.45, 7) is 2.29. The normalized spacial score (nSPS) is 19.2. The highest BCUT2D eigenvalue weighted by atomic mass is 35.5. The van der Waals surface area contributed by atoms with Gasteiger partial charge in [-0.05, 0) is 19.3 Å². The second-order valence-corrected chi connectivity index (χ2v) is 8.87. The van der Waals surface area contributed by atoms with Crippen LogP contribution in [0.15, 0.2) is 0 Å². The molecule has 1 fully saturated rings. The van der Waals surface area contributed by atoms with E-state index in [1.54, 1.807) is 0 Å². The molecule has 156 valence electrons. The van der Waals surface area contributed by atoms with E-state index in [0.717, 1.165) is 5.88 Å². The molecule has 2 unspecified atom stereocenters. The predicted molar refractivity (Wildman–Crippen MR) is 117 cm³/mol. The van der Waals surface area contributed by atoms with Gasteiger partial charge in [0.1, 0.15) is 0 Å². The summed E-state index contributed by atoms with van der Waals surface area (Å²) in [7, 11) is 0. The lowest BCUT2D eigenvalue weighted by Gasteiger charge is -2.02. The van der Waals surface area contributed by atoms with Crippen molar-refractivity contribution in [3.63, 3.8) is 0 Å². The Morgan fingerprint density at radius 1 is 0.500 bits per heavy atom. The highest BCUT2D eigenvalue weighted by Crippen LogP contribution is 2.31. The van der Waals surface area contributed by atoms with E-state index in [1.807, 2.05) is 0 Å². The molecule has 0 saturated carbocycles. The van der Waals surface area contributed by atoms with Gasteiger partial charge in [0.15, 0.2) is 0 Å². The van der Waals surface area contributed by atoms with Crippen molar-refractivity contribution < 1.29 is 4.74 Å². The number of halogens is 1. The first-order valence-electron chi connectivity index (χ1n) is 12.1. The van der Waals surface area contributed by atoms with Crippen molar-refractivity contribution in [1.82, 2.24) is 0 Å². The van der Waals surface area contributed by atoms with Gasteiger partial charge in [0.05, 0.1) is 12.2 Å². The Morgan fingerprint density at radius 2 is 0.846 bits per heavy atom. The number of unbranched alkanes of at least 4 members (excludes halogenated alkanes) is 16. The van der Waals surface area contributed by atoms with Crippen LogP contribution in [-0.4, -0.2) is 18.1 Å². The zero-order valence-corrected chi connectivity index (χ0v) is 18.5. The van der Waals surface area contributed by atoms with Gasteiger partial charge in [-0.2, -0.15) is 0 Å². The molecule has 26 heavy (non-hydrogen) atoms. The first-order valence-corrected chi connectivity index (χ1v) is 12.6. The van der Waals surface area contributed by atoms with E-state index in [4.69, 9.17) is 16.3 Å². The molecular weight excluding hydrogens is 340 g/mol. The molecule has 1 saturated heterocycles. The molecule has 0 aromatic carbocycles. The van der Waals surface area contributed by atoms with E-state index >= 15 is 0 Å². The first-order chi connectivity index (χ1) is 12.9. The van der Waals surface area contributed by atoms with E-state index in [-0.39, 0.29) is 0 Å². The van der Waals surface area contributed by atoms with Gasteiger partial charge in [-0.15, -0.1) is 11.6 Å². The Hall–Kier alpha value is 0.250. The molecule has 0 aromatic rings. The number of epoxide rings is 1. The van der Waals surface area contributed by atoms with Crippen LogP contribution in [0.2, 0.25) is 0 Å². The number of hydrogen-bond donors (Lipinski definition) is 0. The second kappa shape index (κ2) is 18.6. The summed E-state index contributed by atoms with van der Waals surface area (Å²) in [4.78, 5) is 0. The summed E-state index contributed by atoms with van der Waals surface area (Å²) in [6, 6.07) is 0. The van der Waals surface area contributed by atoms with Crippen LogP contribution in [0.25, 0.3) is 0 Å². The summed E-state index contributed by atoms with van der Waals surface area (Å²) >= 11 is 5.70. The predicted octanol–water partition coefficient (Wildman–Crippen LogP) is 8.81. The Balaban J connectivity index is 1.70. The van der Waals surface area contributed by atoms with Gasteiger partial charge in [-0.3, -0.25) is 0 Å². The molecule has 1 heterocycles. The minimum absolute atomic E-state index is 0.616. The molecule has 0 radical (unpaired) electrons. The maximum absolute atomic E-state index is 5.84. The van der Waals surface area contributed by atoms with Crippen LogP contribution in [0.3, 0.4) is 0 Å². The summed E-state index contributed by atoms with van der Waals surface area (Å²) in [6.07, 6.45) is 29.1. The van der Waals surface area contributed by atoms with Crippen LogP contribution < -0.4 is 0 Å². The van der Waals surface area contributed by atoms with Crippen LogP contribution >= 0.6 is 11.6 Å². The maximum Gasteiger partial charge on any atom is 0.0841 e. The summed E-state index contributed by atoms with van der Waals surface area (Å²) in [5.74, 6) is 0.830. The molecule has 2 atom stereocenters. The largest absolute Gasteiger partial charge is 0.370 e. The standard InChI is InChI=1S/C24H47ClO/c1-2-3-4-5-6-7-8-9-10-11-14-17-20-23-24(26-23)21-18-15-12-13-16-19-22-25/h23-24H,2-22H2,1H3. The number of alkyl halides is 1. The van der Waals surface area contributed by atoms with Crippen molar-refractivity contribution in [1.29, 1.82) is 0 Å². The van der Waals surface area contributed by atoms with E-state index in [2.05, 4.69) is 6.92 Å². The van der Waals surface area contributed by atoms with Crippen LogP contribution in [0.1, 0.15) is 135 Å². The molecule has 1 aliphatic heterocycles. The Bertz CT molecular complexity index is 281. The molecule has 0 bridgehead atoms. The lowest BCUT2D eigenvalue weighted by Crippen LogP contribution is -1.95. The lowest BCUT2D eigenvalue weighted by molar-refractivity contribution is 0.347. The average molecular weight is 387 g/mol. The summed E-state index contributed by atoms with van der Waals surface area (Å²) in [5.41, 5.74) is 0. The Kier molecular flexibility index (Phi) is 17.4. The number of hydrogen-bond acceptors (Lipinski definition) is 1. The monoisotopic (exact) mass is 386 g/mol. The van der Waals surface area contributed by atoms with Gasteiger partial charge in [-0.1, -0.05) is 116 Å². The van der Waals surface area contributed by atoms with Crippen LogP contribution in [0, 0.1) is 0 Å². The highest BCUT2D eigenvalue weighted by molar-refractivity contribution is 6.17. The fourth-order valence-electron chi connectivity index (χ4n) is 4.02. The molecule has 1 aliphatic rings. The molecule has 0 amide bonds. The van der Waals surface area contributed by atoms with Gasteiger partial charge in [0, 0.05) is 5.88 Å². The van der Waals surface area contributed by atoms with Crippen molar-refractivity contribution in [3.05, 3.63) is 0 Å². The molecule has 1 nitrogen and oxygen atoms in total. The van der Waals surface area contributed by atoms with Crippen LogP contribution in [0.5, 0.6) is 0 Å². The van der Waals surface area contributed by atoms with Gasteiger partial charge >= 0.3 is 0 Å². The Morgan fingerprint density at radius 3 is 1.23 bits per heavy atom. The molecule has 0 aromatic heterocycles. The number of ether oxygens (including phenoxy) is 1. The van der Waals surface area contributed by atoms with E-state index in [9.17, 15) is 0 Å². The lowest BCUT2D eigenvalue weighted by atomic mass is 10.0. The highest BCUT2D eigenvalue weighted by Gasteiger charge is 2.36. The van der Waals surface area contributed by atoms with Crippen molar-refractivity contribution in [3.8, 4) is 0 Å². The fraction of sp³-hybridized carbons (Fsp3) is 1.00. The van der Waals surface area contributed by atoms with Gasteiger partial charge in [-0.25, -0.2) is 0 Å². The second-order valence-electron chi connectivity index (χ2n) is 8.49. The van der Waals surface area contributed by atoms with Crippen molar-refractivity contribution in [2.75, 3.05) is 5.88 Å². The Labute approximate surface area is 170 Å². The van der Waals surface area contributed by atoms with Crippen LogP contribution in [0.4, 0.5) is 0 Å². The van der Waals surface area contributed by atoms with E-state index < -0.39 is 0 Å². The molecule has 0 aliphatic carbocycles. The SMILES string of the molecule is CCCCCCCCCCCCCCC1OC1CCCCCCCCCl. The van der Waals surface area contributed by atoms with E-state index in [0.29, 0.717) is 12.2 Å². The zero-order valence-electron chi connectivity index (χ0n) is 17.8. The third-order valence-corrected chi connectivity index (χ3v) is 6.17. The minimum Gasteiger partial charge on any atom is -0.370 e. The summed E-state index contributed by atoms with van der Waals surface area (Å²) in [5, 5.41) is 0. The van der Waals surface area contributed by atoms with Crippen molar-refractivity contribution >= 4 is 11.6 Å². The van der Waals surface area contributed by atoms with Crippen molar-refractivity contribution in [2.45, 2.75) is 148 Å². The van der Waals surface area contributed by atoms with Crippen molar-refractivity contribution in [2.24, 2.45) is 0 Å². The summed E-state index contributed by atoms with van der Waals surface area (Å²) < 4.78 is 5.84. The molecule has 2 heteroatoms. The smallest absolute Gasteiger partial charge is 0.0841 e. The third kappa shape index (κ3) is 15.3. The fourth-order valence-corrected chi connectivity index (χ4v) is 4.21. The van der Waals surface area contributed by atoms with Gasteiger partial charge in [0.25, 0.3) is 0 Å². The zero-order chi connectivity index (χ0) is 18.7. The average Bonchev–Trinajstić information content (AvgIpc) is 3.40. The maximum atomic E-state index is 5.84. The molecule has 1 rings (SSSR count).